The summed E-state index contributed by atoms with van der Waals surface area (Å²) in [6.07, 6.45) is 1.06. The van der Waals surface area contributed by atoms with Gasteiger partial charge in [0, 0.05) is 15.7 Å². The van der Waals surface area contributed by atoms with Gasteiger partial charge in [0.1, 0.15) is 0 Å². The Balaban J connectivity index is 3.58. The van der Waals surface area contributed by atoms with Crippen LogP contribution < -0.4 is 0 Å². The Morgan fingerprint density at radius 2 is 1.67 bits per heavy atom. The van der Waals surface area contributed by atoms with E-state index in [0.717, 1.165) is 6.42 Å². The molecule has 0 nitrogen and oxygen atoms in total. The Bertz CT molecular complexity index is 72.7. The van der Waals surface area contributed by atoms with E-state index in [9.17, 15) is 0 Å². The van der Waals surface area contributed by atoms with Crippen molar-refractivity contribution in [3.8, 4) is 0 Å². The summed E-state index contributed by atoms with van der Waals surface area (Å²) in [5.41, 5.74) is 0. The summed E-state index contributed by atoms with van der Waals surface area (Å²) >= 11 is 12.9. The summed E-state index contributed by atoms with van der Waals surface area (Å²) in [7, 11) is 0. The van der Waals surface area contributed by atoms with E-state index in [2.05, 4.69) is 44.8 Å². The second-order valence-electron chi connectivity index (χ2n) is 2.21. The lowest BCUT2D eigenvalue weighted by atomic mass is 10.2. The SMILES string of the molecule is CC[C@@H](S)[C@H](S)[C@@H](C)S. The molecule has 0 N–H and O–H groups in total. The van der Waals surface area contributed by atoms with Crippen LogP contribution in [0.25, 0.3) is 0 Å². The van der Waals surface area contributed by atoms with Crippen molar-refractivity contribution in [3.63, 3.8) is 0 Å². The molecule has 0 saturated carbocycles. The first-order valence-electron chi connectivity index (χ1n) is 3.13. The fourth-order valence-electron chi connectivity index (χ4n) is 0.563. The Morgan fingerprint density at radius 1 is 1.22 bits per heavy atom. The Morgan fingerprint density at radius 3 is 1.78 bits per heavy atom. The van der Waals surface area contributed by atoms with Crippen LogP contribution in [0.1, 0.15) is 20.3 Å². The smallest absolute Gasteiger partial charge is 0.0247 e. The van der Waals surface area contributed by atoms with E-state index in [-0.39, 0.29) is 0 Å². The predicted octanol–water partition coefficient (Wildman–Crippen LogP) is 2.31. The van der Waals surface area contributed by atoms with Crippen molar-refractivity contribution in [1.29, 1.82) is 0 Å². The minimum atomic E-state index is 0.307. The average molecular weight is 182 g/mol. The molecule has 0 spiro atoms. The van der Waals surface area contributed by atoms with Gasteiger partial charge < -0.3 is 0 Å². The highest BCUT2D eigenvalue weighted by Gasteiger charge is 2.15. The van der Waals surface area contributed by atoms with Gasteiger partial charge in [0.2, 0.25) is 0 Å². The maximum atomic E-state index is 4.35. The van der Waals surface area contributed by atoms with E-state index in [1.165, 1.54) is 0 Å². The molecule has 0 aromatic rings. The molecule has 0 heterocycles. The Kier molecular flexibility index (Phi) is 5.36. The van der Waals surface area contributed by atoms with E-state index in [1.54, 1.807) is 0 Å². The highest BCUT2D eigenvalue weighted by atomic mass is 32.1. The standard InChI is InChI=1S/C6H14S3/c1-3-5(8)6(9)4(2)7/h4-9H,3H2,1-2H3/t4-,5-,6-/m1/s1. The molecule has 0 amide bonds. The summed E-state index contributed by atoms with van der Waals surface area (Å²) in [5.74, 6) is 0. The summed E-state index contributed by atoms with van der Waals surface area (Å²) in [6, 6.07) is 0. The van der Waals surface area contributed by atoms with Gasteiger partial charge >= 0.3 is 0 Å². The molecular weight excluding hydrogens is 168 g/mol. The minimum Gasteiger partial charge on any atom is -0.175 e. The molecule has 0 radical (unpaired) electrons. The Hall–Kier alpha value is 1.05. The fraction of sp³-hybridized carbons (Fsp3) is 1.00. The second-order valence-corrected chi connectivity index (χ2v) is 4.28. The molecule has 0 aliphatic heterocycles. The first kappa shape index (κ1) is 10.0. The summed E-state index contributed by atoms with van der Waals surface area (Å²) < 4.78 is 0. The third-order valence-corrected chi connectivity index (χ3v) is 3.59. The van der Waals surface area contributed by atoms with Crippen LogP contribution in [0.2, 0.25) is 0 Å². The van der Waals surface area contributed by atoms with E-state index in [1.807, 2.05) is 6.92 Å². The van der Waals surface area contributed by atoms with Crippen molar-refractivity contribution >= 4 is 37.9 Å². The molecule has 0 aliphatic carbocycles. The molecule has 0 fully saturated rings. The average Bonchev–Trinajstić information content (AvgIpc) is 1.84. The number of hydrogen-bond acceptors (Lipinski definition) is 3. The van der Waals surface area contributed by atoms with Crippen LogP contribution in [0.15, 0.2) is 0 Å². The van der Waals surface area contributed by atoms with Crippen molar-refractivity contribution < 1.29 is 0 Å². The van der Waals surface area contributed by atoms with Crippen LogP contribution in [0.3, 0.4) is 0 Å². The van der Waals surface area contributed by atoms with Gasteiger partial charge in [0.15, 0.2) is 0 Å². The van der Waals surface area contributed by atoms with Crippen LogP contribution in [0, 0.1) is 0 Å². The highest BCUT2D eigenvalue weighted by Crippen LogP contribution is 2.18. The van der Waals surface area contributed by atoms with Gasteiger partial charge in [-0.1, -0.05) is 13.8 Å². The number of thiol groups is 3. The molecule has 0 saturated heterocycles. The summed E-state index contributed by atoms with van der Waals surface area (Å²) in [4.78, 5) is 0. The lowest BCUT2D eigenvalue weighted by molar-refractivity contribution is 0.759. The van der Waals surface area contributed by atoms with Crippen molar-refractivity contribution in [2.24, 2.45) is 0 Å². The zero-order valence-corrected chi connectivity index (χ0v) is 8.46. The van der Waals surface area contributed by atoms with Crippen LogP contribution in [0.4, 0.5) is 0 Å². The highest BCUT2D eigenvalue weighted by molar-refractivity contribution is 7.87. The molecule has 0 aromatic heterocycles. The molecule has 9 heavy (non-hydrogen) atoms. The van der Waals surface area contributed by atoms with Crippen molar-refractivity contribution in [1.82, 2.24) is 0 Å². The molecule has 3 atom stereocenters. The molecule has 0 rings (SSSR count). The molecule has 0 aliphatic rings. The van der Waals surface area contributed by atoms with Gasteiger partial charge in [-0.25, -0.2) is 0 Å². The van der Waals surface area contributed by atoms with E-state index in [0.29, 0.717) is 15.7 Å². The fourth-order valence-corrected chi connectivity index (χ4v) is 1.38. The first-order valence-corrected chi connectivity index (χ1v) is 4.68. The van der Waals surface area contributed by atoms with Gasteiger partial charge in [-0.3, -0.25) is 0 Å². The molecule has 56 valence electrons. The van der Waals surface area contributed by atoms with Crippen LogP contribution in [0.5, 0.6) is 0 Å². The van der Waals surface area contributed by atoms with Gasteiger partial charge in [0.05, 0.1) is 0 Å². The molecule has 0 bridgehead atoms. The van der Waals surface area contributed by atoms with Gasteiger partial charge in [-0.2, -0.15) is 37.9 Å². The van der Waals surface area contributed by atoms with Crippen LogP contribution in [-0.2, 0) is 0 Å². The quantitative estimate of drug-likeness (QED) is 0.548. The lowest BCUT2D eigenvalue weighted by Crippen LogP contribution is -2.22. The topological polar surface area (TPSA) is 0 Å². The van der Waals surface area contributed by atoms with Crippen molar-refractivity contribution in [2.45, 2.75) is 36.0 Å². The predicted molar refractivity (Wildman–Crippen MR) is 54.3 cm³/mol. The largest absolute Gasteiger partial charge is 0.175 e. The van der Waals surface area contributed by atoms with Crippen molar-refractivity contribution in [3.05, 3.63) is 0 Å². The molecule has 0 unspecified atom stereocenters. The van der Waals surface area contributed by atoms with Gasteiger partial charge in [0.25, 0.3) is 0 Å². The minimum absolute atomic E-state index is 0.307. The van der Waals surface area contributed by atoms with Crippen molar-refractivity contribution in [2.75, 3.05) is 0 Å². The summed E-state index contributed by atoms with van der Waals surface area (Å²) in [5, 5.41) is 1.01. The van der Waals surface area contributed by atoms with Gasteiger partial charge in [-0.05, 0) is 6.42 Å². The zero-order chi connectivity index (χ0) is 7.44. The monoisotopic (exact) mass is 182 g/mol. The van der Waals surface area contributed by atoms with Crippen LogP contribution >= 0.6 is 37.9 Å². The molecule has 3 heteroatoms. The summed E-state index contributed by atoms with van der Waals surface area (Å²) in [6.45, 7) is 4.15. The maximum Gasteiger partial charge on any atom is 0.0247 e. The van der Waals surface area contributed by atoms with Crippen LogP contribution in [-0.4, -0.2) is 15.7 Å². The number of rotatable bonds is 3. The third-order valence-electron chi connectivity index (χ3n) is 1.31. The normalized spacial score (nSPS) is 21.0. The van der Waals surface area contributed by atoms with E-state index in [4.69, 9.17) is 0 Å². The molecular formula is C6H14S3. The van der Waals surface area contributed by atoms with E-state index >= 15 is 0 Å². The second kappa shape index (κ2) is 4.80. The van der Waals surface area contributed by atoms with Gasteiger partial charge in [-0.15, -0.1) is 0 Å². The Labute approximate surface area is 74.0 Å². The molecule has 0 aromatic carbocycles. The number of hydrogen-bond donors (Lipinski definition) is 3. The third kappa shape index (κ3) is 3.68. The zero-order valence-electron chi connectivity index (χ0n) is 5.78. The lowest BCUT2D eigenvalue weighted by Gasteiger charge is -2.19. The maximum absolute atomic E-state index is 4.35. The first-order chi connectivity index (χ1) is 4.09. The van der Waals surface area contributed by atoms with E-state index < -0.39 is 0 Å².